The van der Waals surface area contributed by atoms with E-state index in [1.807, 2.05) is 0 Å². The highest BCUT2D eigenvalue weighted by atomic mass is 35.5. The van der Waals surface area contributed by atoms with Crippen molar-refractivity contribution in [2.24, 2.45) is 0 Å². The number of piperidine rings is 1. The van der Waals surface area contributed by atoms with Crippen LogP contribution in [0, 0.1) is 5.82 Å². The molecule has 0 bridgehead atoms. The van der Waals surface area contributed by atoms with E-state index < -0.39 is 18.8 Å². The van der Waals surface area contributed by atoms with E-state index in [1.165, 1.54) is 49.2 Å². The van der Waals surface area contributed by atoms with Gasteiger partial charge in [-0.05, 0) is 50.2 Å². The van der Waals surface area contributed by atoms with E-state index in [2.05, 4.69) is 25.5 Å². The lowest BCUT2D eigenvalue weighted by molar-refractivity contribution is -0.111. The number of carbonyl (C=O) groups excluding carboxylic acids is 1. The van der Waals surface area contributed by atoms with E-state index in [9.17, 15) is 9.18 Å². The van der Waals surface area contributed by atoms with Gasteiger partial charge in [0.1, 0.15) is 23.7 Å². The van der Waals surface area contributed by atoms with Gasteiger partial charge in [0.15, 0.2) is 0 Å². The van der Waals surface area contributed by atoms with E-state index in [0.717, 1.165) is 25.9 Å². The van der Waals surface area contributed by atoms with Gasteiger partial charge in [-0.15, -0.1) is 0 Å². The van der Waals surface area contributed by atoms with Gasteiger partial charge in [-0.3, -0.25) is 9.69 Å². The number of halogens is 2. The Kier molecular flexibility index (Phi) is 6.18. The largest absolute Gasteiger partial charge is 0.494 e. The van der Waals surface area contributed by atoms with Crippen LogP contribution in [0.1, 0.15) is 23.4 Å². The Balaban J connectivity index is 1.61. The summed E-state index contributed by atoms with van der Waals surface area (Å²) in [6, 6.07) is 7.07. The number of nitrogens with zero attached hydrogens (tertiary/aromatic N) is 3. The number of hydrogen-bond donors (Lipinski definition) is 2. The molecule has 3 aromatic rings. The number of carbonyl (C=O) groups is 1. The van der Waals surface area contributed by atoms with E-state index in [4.69, 9.17) is 20.5 Å². The molecule has 0 spiro atoms. The maximum absolute atomic E-state index is 13.5. The first-order chi connectivity index (χ1) is 17.2. The first-order valence-electron chi connectivity index (χ1n) is 12.1. The van der Waals surface area contributed by atoms with Crippen molar-refractivity contribution in [1.29, 1.82) is 0 Å². The van der Waals surface area contributed by atoms with Gasteiger partial charge in [0.2, 0.25) is 5.91 Å². The van der Waals surface area contributed by atoms with Gasteiger partial charge in [0, 0.05) is 29.8 Å². The topological polar surface area (TPSA) is 79.4 Å². The summed E-state index contributed by atoms with van der Waals surface area (Å²) in [5.74, 6) is -0.702. The van der Waals surface area contributed by atoms with Crippen molar-refractivity contribution in [1.82, 2.24) is 14.9 Å². The molecule has 1 aliphatic heterocycles. The normalized spacial score (nSPS) is 16.2. The number of likely N-dealkylation sites (tertiary alicyclic amines) is 1. The average molecular weight is 473 g/mol. The van der Waals surface area contributed by atoms with E-state index >= 15 is 0 Å². The molecule has 0 saturated carbocycles. The van der Waals surface area contributed by atoms with Crippen LogP contribution >= 0.6 is 11.6 Å². The molecule has 1 fully saturated rings. The Morgan fingerprint density at radius 2 is 2.12 bits per heavy atom. The molecule has 1 aliphatic rings. The molecular formula is C24H25ClFN5O2. The number of methoxy groups -OCH3 is 1. The maximum atomic E-state index is 13.5. The van der Waals surface area contributed by atoms with Crippen LogP contribution in [0.4, 0.5) is 21.6 Å². The van der Waals surface area contributed by atoms with Crippen LogP contribution in [0.3, 0.4) is 0 Å². The lowest BCUT2D eigenvalue weighted by Crippen LogP contribution is -2.29. The Morgan fingerprint density at radius 3 is 2.91 bits per heavy atom. The van der Waals surface area contributed by atoms with Crippen LogP contribution in [0.15, 0.2) is 48.8 Å². The zero-order chi connectivity index (χ0) is 25.7. The van der Waals surface area contributed by atoms with Crippen molar-refractivity contribution < 1.29 is 18.0 Å². The molecule has 2 N–H and O–H groups in total. The highest BCUT2D eigenvalue weighted by Gasteiger charge is 2.13. The van der Waals surface area contributed by atoms with Gasteiger partial charge in [0.25, 0.3) is 0 Å². The fourth-order valence-corrected chi connectivity index (χ4v) is 3.88. The molecule has 2 heterocycles. The molecular weight excluding hydrogens is 445 g/mol. The predicted molar refractivity (Wildman–Crippen MR) is 129 cm³/mol. The lowest BCUT2D eigenvalue weighted by Gasteiger charge is -2.24. The summed E-state index contributed by atoms with van der Waals surface area (Å²) in [7, 11) is -2.74. The Bertz CT molecular complexity index is 1280. The molecule has 0 unspecified atom stereocenters. The molecule has 4 rings (SSSR count). The highest BCUT2D eigenvalue weighted by Crippen LogP contribution is 2.33. The first-order valence-corrected chi connectivity index (χ1v) is 11.0. The summed E-state index contributed by atoms with van der Waals surface area (Å²) >= 11 is 5.88. The Hall–Kier alpha value is -3.23. The smallest absolute Gasteiger partial charge is 0.248 e. The monoisotopic (exact) mass is 472 g/mol. The van der Waals surface area contributed by atoms with Crippen LogP contribution in [-0.4, -0.2) is 47.4 Å². The van der Waals surface area contributed by atoms with Crippen LogP contribution in [0.5, 0.6) is 5.75 Å². The zero-order valence-corrected chi connectivity index (χ0v) is 18.5. The molecule has 2 aromatic carbocycles. The number of hydrogen-bond acceptors (Lipinski definition) is 6. The van der Waals surface area contributed by atoms with Crippen LogP contribution in [0.25, 0.3) is 10.9 Å². The minimum atomic E-state index is -2.74. The van der Waals surface area contributed by atoms with E-state index in [1.54, 1.807) is 6.08 Å². The second-order valence-electron chi connectivity index (χ2n) is 7.70. The standard InChI is InChI=1S/C24H25ClFN5O2/c1-33-22-14-20-17(24(28-15-27-20)29-16-7-8-19(26)18(25)12-16)13-21(22)30-23(32)6-5-11-31-9-3-2-4-10-31/h5-8,12-15H,2-4,9-11H2,1H3,(H,30,32)(H,27,28,29)/b6-5+/i1D3. The molecule has 1 aromatic heterocycles. The predicted octanol–water partition coefficient (Wildman–Crippen LogP) is 5.16. The van der Waals surface area contributed by atoms with Crippen molar-refractivity contribution in [2.45, 2.75) is 19.3 Å². The van der Waals surface area contributed by atoms with Crippen molar-refractivity contribution in [3.63, 3.8) is 0 Å². The summed E-state index contributed by atoms with van der Waals surface area (Å²) in [6.45, 7) is 2.66. The molecule has 1 amide bonds. The minimum absolute atomic E-state index is 0.0592. The fraction of sp³-hybridized carbons (Fsp3) is 0.292. The summed E-state index contributed by atoms with van der Waals surface area (Å²) in [4.78, 5) is 23.3. The number of nitrogens with one attached hydrogen (secondary N) is 2. The second-order valence-corrected chi connectivity index (χ2v) is 8.10. The third-order valence-electron chi connectivity index (χ3n) is 5.37. The molecule has 172 valence electrons. The number of aromatic nitrogens is 2. The SMILES string of the molecule is [2H]C([2H])([2H])Oc1cc2ncnc(Nc3ccc(F)c(Cl)c3)c2cc1NC(=O)/C=C/CN1CCCCC1. The molecule has 0 radical (unpaired) electrons. The number of amides is 1. The Labute approximate surface area is 200 Å². The second kappa shape index (κ2) is 10.6. The molecule has 1 saturated heterocycles. The summed E-state index contributed by atoms with van der Waals surface area (Å²) in [5, 5.41) is 6.16. The molecule has 0 atom stereocenters. The van der Waals surface area contributed by atoms with Gasteiger partial charge >= 0.3 is 0 Å². The average Bonchev–Trinajstić information content (AvgIpc) is 2.82. The van der Waals surface area contributed by atoms with Gasteiger partial charge < -0.3 is 15.4 Å². The Morgan fingerprint density at radius 1 is 1.27 bits per heavy atom. The van der Waals surface area contributed by atoms with Crippen molar-refractivity contribution in [3.8, 4) is 5.75 Å². The summed E-state index contributed by atoms with van der Waals surface area (Å²) in [6.07, 6.45) is 8.00. The summed E-state index contributed by atoms with van der Waals surface area (Å²) in [5.41, 5.74) is 0.996. The lowest BCUT2D eigenvalue weighted by atomic mass is 10.1. The fourth-order valence-electron chi connectivity index (χ4n) is 3.70. The van der Waals surface area contributed by atoms with Crippen molar-refractivity contribution in [2.75, 3.05) is 37.3 Å². The molecule has 7 nitrogen and oxygen atoms in total. The zero-order valence-electron chi connectivity index (χ0n) is 20.8. The third kappa shape index (κ3) is 5.77. The van der Waals surface area contributed by atoms with Gasteiger partial charge in [-0.25, -0.2) is 14.4 Å². The number of anilines is 3. The first kappa shape index (κ1) is 19.3. The number of benzene rings is 2. The van der Waals surface area contributed by atoms with Gasteiger partial charge in [-0.2, -0.15) is 0 Å². The van der Waals surface area contributed by atoms with Crippen LogP contribution < -0.4 is 15.4 Å². The third-order valence-corrected chi connectivity index (χ3v) is 5.66. The molecule has 0 aliphatic carbocycles. The molecule has 9 heteroatoms. The van der Waals surface area contributed by atoms with Gasteiger partial charge in [-0.1, -0.05) is 24.1 Å². The number of ether oxygens (including phenoxy) is 1. The van der Waals surface area contributed by atoms with E-state index in [-0.39, 0.29) is 16.5 Å². The van der Waals surface area contributed by atoms with Gasteiger partial charge in [0.05, 0.1) is 27.4 Å². The summed E-state index contributed by atoms with van der Waals surface area (Å²) < 4.78 is 41.2. The maximum Gasteiger partial charge on any atom is 0.248 e. The number of rotatable bonds is 7. The minimum Gasteiger partial charge on any atom is -0.494 e. The van der Waals surface area contributed by atoms with Crippen molar-refractivity contribution in [3.05, 3.63) is 59.7 Å². The van der Waals surface area contributed by atoms with Crippen LogP contribution in [0.2, 0.25) is 5.02 Å². The van der Waals surface area contributed by atoms with Crippen molar-refractivity contribution >= 4 is 45.6 Å². The van der Waals surface area contributed by atoms with E-state index in [0.29, 0.717) is 29.0 Å². The highest BCUT2D eigenvalue weighted by molar-refractivity contribution is 6.31. The molecule has 33 heavy (non-hydrogen) atoms. The van der Waals surface area contributed by atoms with Crippen LogP contribution in [-0.2, 0) is 4.79 Å². The quantitative estimate of drug-likeness (QED) is 0.463. The number of fused-ring (bicyclic) bond motifs is 1.